The van der Waals surface area contributed by atoms with Crippen LogP contribution >= 0.6 is 11.3 Å². The molecule has 18 heavy (non-hydrogen) atoms. The predicted molar refractivity (Wildman–Crippen MR) is 70.7 cm³/mol. The van der Waals surface area contributed by atoms with E-state index in [0.29, 0.717) is 12.1 Å². The van der Waals surface area contributed by atoms with E-state index in [-0.39, 0.29) is 6.04 Å². The van der Waals surface area contributed by atoms with Crippen LogP contribution in [0.25, 0.3) is 0 Å². The number of benzene rings is 1. The van der Waals surface area contributed by atoms with Crippen molar-refractivity contribution in [1.82, 2.24) is 5.32 Å². The molecule has 0 bridgehead atoms. The lowest BCUT2D eigenvalue weighted by Gasteiger charge is -2.13. The maximum absolute atomic E-state index is 13.4. The zero-order chi connectivity index (χ0) is 13.0. The molecule has 0 saturated heterocycles. The summed E-state index contributed by atoms with van der Waals surface area (Å²) in [6, 6.07) is 6.02. The summed E-state index contributed by atoms with van der Waals surface area (Å²) < 4.78 is 26.1. The molecule has 0 radical (unpaired) electrons. The molecule has 4 heteroatoms. The first kappa shape index (κ1) is 13.2. The van der Waals surface area contributed by atoms with Crippen molar-refractivity contribution in [3.8, 4) is 0 Å². The number of rotatable bonds is 5. The number of hydrogen-bond acceptors (Lipinski definition) is 2. The molecule has 2 aromatic rings. The van der Waals surface area contributed by atoms with Crippen LogP contribution < -0.4 is 5.32 Å². The molecule has 1 aromatic heterocycles. The standard InChI is InChI=1S/C14H15F2NS/c1-10(6-11-4-5-18-9-11)17-8-12-2-3-13(15)7-14(12)16/h2-5,7,9-10,17H,6,8H2,1H3. The van der Waals surface area contributed by atoms with Gasteiger partial charge in [-0.15, -0.1) is 0 Å². The molecule has 0 amide bonds. The fraction of sp³-hybridized carbons (Fsp3) is 0.286. The number of halogens is 2. The molecular weight excluding hydrogens is 252 g/mol. The van der Waals surface area contributed by atoms with Gasteiger partial charge in [0, 0.05) is 24.2 Å². The van der Waals surface area contributed by atoms with Crippen LogP contribution in [-0.4, -0.2) is 6.04 Å². The van der Waals surface area contributed by atoms with Gasteiger partial charge >= 0.3 is 0 Å². The van der Waals surface area contributed by atoms with Crippen LogP contribution in [-0.2, 0) is 13.0 Å². The van der Waals surface area contributed by atoms with Crippen molar-refractivity contribution in [3.05, 3.63) is 57.8 Å². The smallest absolute Gasteiger partial charge is 0.130 e. The average molecular weight is 267 g/mol. The lowest BCUT2D eigenvalue weighted by atomic mass is 10.1. The monoisotopic (exact) mass is 267 g/mol. The van der Waals surface area contributed by atoms with Crippen molar-refractivity contribution in [2.24, 2.45) is 0 Å². The SMILES string of the molecule is CC(Cc1ccsc1)NCc1ccc(F)cc1F. The molecule has 1 unspecified atom stereocenters. The third-order valence-corrected chi connectivity index (χ3v) is 3.51. The van der Waals surface area contributed by atoms with Gasteiger partial charge in [-0.25, -0.2) is 8.78 Å². The molecule has 2 rings (SSSR count). The fourth-order valence-corrected chi connectivity index (χ4v) is 2.47. The Bertz CT molecular complexity index is 497. The Kier molecular flexibility index (Phi) is 4.44. The average Bonchev–Trinajstić information content (AvgIpc) is 2.80. The van der Waals surface area contributed by atoms with E-state index in [9.17, 15) is 8.78 Å². The Hall–Kier alpha value is -1.26. The van der Waals surface area contributed by atoms with E-state index < -0.39 is 11.6 Å². The van der Waals surface area contributed by atoms with Crippen LogP contribution in [0.2, 0.25) is 0 Å². The van der Waals surface area contributed by atoms with Crippen molar-refractivity contribution in [2.45, 2.75) is 25.9 Å². The zero-order valence-electron chi connectivity index (χ0n) is 10.1. The van der Waals surface area contributed by atoms with E-state index >= 15 is 0 Å². The fourth-order valence-electron chi connectivity index (χ4n) is 1.78. The second kappa shape index (κ2) is 6.07. The summed E-state index contributed by atoms with van der Waals surface area (Å²) >= 11 is 1.67. The van der Waals surface area contributed by atoms with E-state index in [0.717, 1.165) is 12.5 Å². The molecule has 0 saturated carbocycles. The van der Waals surface area contributed by atoms with Gasteiger partial charge in [0.05, 0.1) is 0 Å². The first-order valence-electron chi connectivity index (χ1n) is 5.83. The highest BCUT2D eigenvalue weighted by Gasteiger charge is 2.07. The van der Waals surface area contributed by atoms with Gasteiger partial charge in [0.1, 0.15) is 11.6 Å². The van der Waals surface area contributed by atoms with Crippen molar-refractivity contribution in [2.75, 3.05) is 0 Å². The second-order valence-electron chi connectivity index (χ2n) is 4.35. The Morgan fingerprint density at radius 1 is 1.28 bits per heavy atom. The van der Waals surface area contributed by atoms with E-state index in [1.165, 1.54) is 17.7 Å². The molecule has 0 spiro atoms. The molecular formula is C14H15F2NS. The molecule has 0 aliphatic carbocycles. The van der Waals surface area contributed by atoms with E-state index in [4.69, 9.17) is 0 Å². The Morgan fingerprint density at radius 3 is 2.78 bits per heavy atom. The largest absolute Gasteiger partial charge is 0.310 e. The van der Waals surface area contributed by atoms with Crippen molar-refractivity contribution < 1.29 is 8.78 Å². The topological polar surface area (TPSA) is 12.0 Å². The molecule has 0 fully saturated rings. The van der Waals surface area contributed by atoms with Gasteiger partial charge in [0.15, 0.2) is 0 Å². The van der Waals surface area contributed by atoms with Gasteiger partial charge < -0.3 is 5.32 Å². The van der Waals surface area contributed by atoms with Gasteiger partial charge in [-0.05, 0) is 41.8 Å². The minimum Gasteiger partial charge on any atom is -0.310 e. The van der Waals surface area contributed by atoms with Crippen LogP contribution in [0, 0.1) is 11.6 Å². The van der Waals surface area contributed by atoms with Crippen LogP contribution in [0.5, 0.6) is 0 Å². The third kappa shape index (κ3) is 3.62. The summed E-state index contributed by atoms with van der Waals surface area (Å²) in [5, 5.41) is 7.39. The van der Waals surface area contributed by atoms with Crippen molar-refractivity contribution in [1.29, 1.82) is 0 Å². The van der Waals surface area contributed by atoms with Crippen molar-refractivity contribution in [3.63, 3.8) is 0 Å². The molecule has 1 nitrogen and oxygen atoms in total. The highest BCUT2D eigenvalue weighted by molar-refractivity contribution is 7.07. The molecule has 0 aliphatic rings. The summed E-state index contributed by atoms with van der Waals surface area (Å²) in [6.45, 7) is 2.47. The summed E-state index contributed by atoms with van der Waals surface area (Å²) in [7, 11) is 0. The van der Waals surface area contributed by atoms with Crippen LogP contribution in [0.4, 0.5) is 8.78 Å². The van der Waals surface area contributed by atoms with E-state index in [2.05, 4.69) is 23.7 Å². The van der Waals surface area contributed by atoms with Gasteiger partial charge in [0.2, 0.25) is 0 Å². The molecule has 1 N–H and O–H groups in total. The molecule has 0 aliphatic heterocycles. The third-order valence-electron chi connectivity index (χ3n) is 2.78. The van der Waals surface area contributed by atoms with Gasteiger partial charge in [-0.3, -0.25) is 0 Å². The summed E-state index contributed by atoms with van der Waals surface area (Å²) in [5.74, 6) is -1.03. The lowest BCUT2D eigenvalue weighted by Crippen LogP contribution is -2.27. The van der Waals surface area contributed by atoms with Crippen molar-refractivity contribution >= 4 is 11.3 Å². The van der Waals surface area contributed by atoms with Gasteiger partial charge in [-0.1, -0.05) is 6.07 Å². The second-order valence-corrected chi connectivity index (χ2v) is 5.13. The Balaban J connectivity index is 1.87. The molecule has 96 valence electrons. The van der Waals surface area contributed by atoms with Crippen LogP contribution in [0.1, 0.15) is 18.1 Å². The summed E-state index contributed by atoms with van der Waals surface area (Å²) in [4.78, 5) is 0. The number of nitrogens with one attached hydrogen (secondary N) is 1. The van der Waals surface area contributed by atoms with E-state index in [1.807, 2.05) is 5.38 Å². The first-order chi connectivity index (χ1) is 8.65. The zero-order valence-corrected chi connectivity index (χ0v) is 10.9. The normalized spacial score (nSPS) is 12.6. The van der Waals surface area contributed by atoms with Gasteiger partial charge in [0.25, 0.3) is 0 Å². The highest BCUT2D eigenvalue weighted by atomic mass is 32.1. The minimum atomic E-state index is -0.539. The predicted octanol–water partition coefficient (Wildman–Crippen LogP) is 3.75. The quantitative estimate of drug-likeness (QED) is 0.870. The highest BCUT2D eigenvalue weighted by Crippen LogP contribution is 2.11. The first-order valence-corrected chi connectivity index (χ1v) is 6.78. The molecule has 1 aromatic carbocycles. The molecule has 1 heterocycles. The van der Waals surface area contributed by atoms with Crippen LogP contribution in [0.15, 0.2) is 35.0 Å². The summed E-state index contributed by atoms with van der Waals surface area (Å²) in [6.07, 6.45) is 0.909. The number of thiophene rings is 1. The van der Waals surface area contributed by atoms with Crippen LogP contribution in [0.3, 0.4) is 0 Å². The van der Waals surface area contributed by atoms with E-state index in [1.54, 1.807) is 11.3 Å². The minimum absolute atomic E-state index is 0.254. The Labute approximate surface area is 109 Å². The Morgan fingerprint density at radius 2 is 2.11 bits per heavy atom. The molecule has 1 atom stereocenters. The maximum Gasteiger partial charge on any atom is 0.130 e. The van der Waals surface area contributed by atoms with Gasteiger partial charge in [-0.2, -0.15) is 11.3 Å². The lowest BCUT2D eigenvalue weighted by molar-refractivity contribution is 0.519. The number of hydrogen-bond donors (Lipinski definition) is 1. The maximum atomic E-state index is 13.4. The summed E-state index contributed by atoms with van der Waals surface area (Å²) in [5.41, 5.74) is 1.77.